The van der Waals surface area contributed by atoms with Crippen LogP contribution >= 0.6 is 11.8 Å². The molecule has 1 heterocycles. The van der Waals surface area contributed by atoms with E-state index in [1.807, 2.05) is 42.3 Å². The van der Waals surface area contributed by atoms with Gasteiger partial charge in [0.25, 0.3) is 0 Å². The van der Waals surface area contributed by atoms with Gasteiger partial charge in [-0.25, -0.2) is 0 Å². The summed E-state index contributed by atoms with van der Waals surface area (Å²) in [6, 6.07) is 9.96. The van der Waals surface area contributed by atoms with Crippen LogP contribution in [0.25, 0.3) is 0 Å². The van der Waals surface area contributed by atoms with Gasteiger partial charge in [-0.05, 0) is 25.0 Å². The zero-order valence-electron chi connectivity index (χ0n) is 13.7. The molecule has 0 aromatic heterocycles. The fourth-order valence-electron chi connectivity index (χ4n) is 3.17. The van der Waals surface area contributed by atoms with Crippen LogP contribution in [0.15, 0.2) is 35.3 Å². The maximum Gasteiger partial charge on any atom is 0.248 e. The van der Waals surface area contributed by atoms with Gasteiger partial charge in [-0.1, -0.05) is 55.6 Å². The normalized spacial score (nSPS) is 24.7. The summed E-state index contributed by atoms with van der Waals surface area (Å²) in [6.07, 6.45) is 7.64. The van der Waals surface area contributed by atoms with Crippen LogP contribution in [0.3, 0.4) is 0 Å². The summed E-state index contributed by atoms with van der Waals surface area (Å²) in [5.41, 5.74) is 0.852. The molecule has 1 aliphatic heterocycles. The second-order valence-electron chi connectivity index (χ2n) is 6.35. The Kier molecular flexibility index (Phi) is 5.60. The lowest BCUT2D eigenvalue weighted by atomic mass is 10.1. The number of amidine groups is 1. The van der Waals surface area contributed by atoms with Gasteiger partial charge in [0.1, 0.15) is 6.04 Å². The third kappa shape index (κ3) is 4.28. The molecular weight excluding hydrogens is 306 g/mol. The van der Waals surface area contributed by atoms with Gasteiger partial charge in [-0.3, -0.25) is 9.79 Å². The average Bonchev–Trinajstić information content (AvgIpc) is 2.76. The number of amides is 1. The van der Waals surface area contributed by atoms with E-state index >= 15 is 0 Å². The zero-order valence-corrected chi connectivity index (χ0v) is 14.5. The monoisotopic (exact) mass is 331 g/mol. The minimum absolute atomic E-state index is 0.0530. The number of para-hydroxylation sites is 1. The molecule has 1 atom stereocenters. The molecule has 0 radical (unpaired) electrons. The molecule has 124 valence electrons. The van der Waals surface area contributed by atoms with E-state index in [9.17, 15) is 4.79 Å². The number of carbonyl (C=O) groups excluding carboxylic acids is 1. The van der Waals surface area contributed by atoms with E-state index in [0.717, 1.165) is 16.6 Å². The Balaban J connectivity index is 1.61. The fourth-order valence-corrected chi connectivity index (χ4v) is 4.41. The first kappa shape index (κ1) is 16.4. The molecule has 1 saturated heterocycles. The second-order valence-corrected chi connectivity index (χ2v) is 7.34. The quantitative estimate of drug-likeness (QED) is 0.858. The Morgan fingerprint density at radius 1 is 1.17 bits per heavy atom. The summed E-state index contributed by atoms with van der Waals surface area (Å²) in [7, 11) is 1.99. The first-order chi connectivity index (χ1) is 11.2. The van der Waals surface area contributed by atoms with E-state index < -0.39 is 0 Å². The van der Waals surface area contributed by atoms with Gasteiger partial charge >= 0.3 is 0 Å². The molecule has 1 aromatic rings. The van der Waals surface area contributed by atoms with Gasteiger partial charge in [-0.15, -0.1) is 0 Å². The van der Waals surface area contributed by atoms with Crippen LogP contribution in [0.2, 0.25) is 0 Å². The van der Waals surface area contributed by atoms with Crippen molar-refractivity contribution in [1.82, 2.24) is 4.90 Å². The molecule has 1 saturated carbocycles. The molecule has 2 fully saturated rings. The Hall–Kier alpha value is -1.49. The lowest BCUT2D eigenvalue weighted by Gasteiger charge is -2.21. The van der Waals surface area contributed by atoms with Gasteiger partial charge < -0.3 is 10.2 Å². The Bertz CT molecular complexity index is 553. The third-order valence-electron chi connectivity index (χ3n) is 4.60. The molecule has 0 bridgehead atoms. The zero-order chi connectivity index (χ0) is 16.1. The summed E-state index contributed by atoms with van der Waals surface area (Å²) in [5, 5.41) is 4.03. The van der Waals surface area contributed by atoms with E-state index in [1.165, 1.54) is 38.5 Å². The standard InChI is InChI=1S/C18H25N3OS/c1-21-16(17(22)19-14-9-7-4-8-10-14)13-23-18(21)20-15-11-5-2-3-6-12-15/h4,7-10,15-16H,2-3,5-6,11-13H2,1H3,(H,19,22). The predicted octanol–water partition coefficient (Wildman–Crippen LogP) is 3.75. The smallest absolute Gasteiger partial charge is 0.248 e. The lowest BCUT2D eigenvalue weighted by Crippen LogP contribution is -2.40. The highest BCUT2D eigenvalue weighted by Gasteiger charge is 2.33. The molecule has 3 rings (SSSR count). The summed E-state index contributed by atoms with van der Waals surface area (Å²) in [6.45, 7) is 0. The molecule has 5 heteroatoms. The van der Waals surface area contributed by atoms with Gasteiger partial charge in [0.05, 0.1) is 6.04 Å². The lowest BCUT2D eigenvalue weighted by molar-refractivity contribution is -0.118. The molecule has 1 unspecified atom stereocenters. The number of benzene rings is 1. The van der Waals surface area contributed by atoms with E-state index in [4.69, 9.17) is 4.99 Å². The highest BCUT2D eigenvalue weighted by atomic mass is 32.2. The SMILES string of the molecule is CN1C(=NC2CCCCCC2)SCC1C(=O)Nc1ccccc1. The summed E-state index contributed by atoms with van der Waals surface area (Å²) in [5.74, 6) is 0.832. The highest BCUT2D eigenvalue weighted by molar-refractivity contribution is 8.14. The summed E-state index contributed by atoms with van der Waals surface area (Å²) < 4.78 is 0. The number of hydrogen-bond acceptors (Lipinski definition) is 3. The third-order valence-corrected chi connectivity index (χ3v) is 5.74. The number of carbonyl (C=O) groups is 1. The van der Waals surface area contributed by atoms with Crippen molar-refractivity contribution in [2.45, 2.75) is 50.6 Å². The number of aliphatic imine (C=N–C) groups is 1. The minimum Gasteiger partial charge on any atom is -0.342 e. The highest BCUT2D eigenvalue weighted by Crippen LogP contribution is 2.27. The molecule has 23 heavy (non-hydrogen) atoms. The van der Waals surface area contributed by atoms with Gasteiger partial charge in [-0.2, -0.15) is 0 Å². The number of thioether (sulfide) groups is 1. The van der Waals surface area contributed by atoms with Crippen molar-refractivity contribution < 1.29 is 4.79 Å². The Morgan fingerprint density at radius 3 is 2.57 bits per heavy atom. The number of nitrogens with one attached hydrogen (secondary N) is 1. The van der Waals surface area contributed by atoms with Gasteiger partial charge in [0.15, 0.2) is 5.17 Å². The van der Waals surface area contributed by atoms with Gasteiger partial charge in [0.2, 0.25) is 5.91 Å². The Morgan fingerprint density at radius 2 is 1.87 bits per heavy atom. The van der Waals surface area contributed by atoms with Crippen molar-refractivity contribution >= 4 is 28.5 Å². The largest absolute Gasteiger partial charge is 0.342 e. The molecule has 1 aromatic carbocycles. The van der Waals surface area contributed by atoms with E-state index in [1.54, 1.807) is 11.8 Å². The Labute approximate surface area is 142 Å². The molecule has 1 aliphatic carbocycles. The molecule has 0 spiro atoms. The van der Waals surface area contributed by atoms with Crippen LogP contribution in [0.1, 0.15) is 38.5 Å². The van der Waals surface area contributed by atoms with Crippen molar-refractivity contribution in [2.24, 2.45) is 4.99 Å². The number of nitrogens with zero attached hydrogens (tertiary/aromatic N) is 2. The molecule has 4 nitrogen and oxygen atoms in total. The minimum atomic E-state index is -0.135. The van der Waals surface area contributed by atoms with Crippen LogP contribution in [-0.2, 0) is 4.79 Å². The molecule has 1 amide bonds. The molecule has 1 N–H and O–H groups in total. The van der Waals surface area contributed by atoms with Crippen LogP contribution in [0.4, 0.5) is 5.69 Å². The predicted molar refractivity (Wildman–Crippen MR) is 98.0 cm³/mol. The average molecular weight is 331 g/mol. The van der Waals surface area contributed by atoms with Crippen LogP contribution in [-0.4, -0.2) is 40.9 Å². The van der Waals surface area contributed by atoms with Crippen LogP contribution in [0.5, 0.6) is 0 Å². The first-order valence-corrected chi connectivity index (χ1v) is 9.52. The number of rotatable bonds is 3. The fraction of sp³-hybridized carbons (Fsp3) is 0.556. The van der Waals surface area contributed by atoms with Crippen molar-refractivity contribution in [3.05, 3.63) is 30.3 Å². The summed E-state index contributed by atoms with van der Waals surface area (Å²) >= 11 is 1.71. The molecular formula is C18H25N3OS. The first-order valence-electron chi connectivity index (χ1n) is 8.53. The number of anilines is 1. The van der Waals surface area contributed by atoms with Crippen LogP contribution in [0, 0.1) is 0 Å². The second kappa shape index (κ2) is 7.86. The van der Waals surface area contributed by atoms with Crippen molar-refractivity contribution in [2.75, 3.05) is 18.1 Å². The maximum absolute atomic E-state index is 12.5. The van der Waals surface area contributed by atoms with Gasteiger partial charge in [0, 0.05) is 18.5 Å². The summed E-state index contributed by atoms with van der Waals surface area (Å²) in [4.78, 5) is 19.5. The number of likely N-dealkylation sites (N-methyl/N-ethyl adjacent to an activating group) is 1. The van der Waals surface area contributed by atoms with E-state index in [2.05, 4.69) is 5.32 Å². The van der Waals surface area contributed by atoms with Crippen molar-refractivity contribution in [3.8, 4) is 0 Å². The van der Waals surface area contributed by atoms with E-state index in [-0.39, 0.29) is 11.9 Å². The van der Waals surface area contributed by atoms with Crippen molar-refractivity contribution in [3.63, 3.8) is 0 Å². The van der Waals surface area contributed by atoms with Crippen LogP contribution < -0.4 is 5.32 Å². The number of hydrogen-bond donors (Lipinski definition) is 1. The molecule has 2 aliphatic rings. The van der Waals surface area contributed by atoms with E-state index in [0.29, 0.717) is 6.04 Å². The maximum atomic E-state index is 12.5. The van der Waals surface area contributed by atoms with Crippen molar-refractivity contribution in [1.29, 1.82) is 0 Å². The topological polar surface area (TPSA) is 44.7 Å².